The van der Waals surface area contributed by atoms with Gasteiger partial charge in [-0.1, -0.05) is 0 Å². The highest BCUT2D eigenvalue weighted by molar-refractivity contribution is 7.13. The molecule has 0 saturated carbocycles. The molecule has 0 radical (unpaired) electrons. The molecule has 96 valence electrons. The second-order valence-electron chi connectivity index (χ2n) is 3.69. The highest BCUT2D eigenvalue weighted by atomic mass is 32.1. The number of methoxy groups -OCH3 is 1. The van der Waals surface area contributed by atoms with Crippen LogP contribution >= 0.6 is 11.3 Å². The van der Waals surface area contributed by atoms with E-state index in [1.165, 1.54) is 0 Å². The van der Waals surface area contributed by atoms with Crippen LogP contribution in [0.2, 0.25) is 0 Å². The zero-order valence-electron chi connectivity index (χ0n) is 10.3. The fourth-order valence-corrected chi connectivity index (χ4v) is 2.19. The Bertz CT molecular complexity index is 486. The molecule has 1 aromatic carbocycles. The molecule has 5 heteroatoms. The molecule has 0 amide bonds. The number of nitrogens with zero attached hydrogens (tertiary/aromatic N) is 1. The normalized spacial score (nSPS) is 10.3. The van der Waals surface area contributed by atoms with Gasteiger partial charge < -0.3 is 15.2 Å². The number of aromatic nitrogens is 1. The summed E-state index contributed by atoms with van der Waals surface area (Å²) in [6, 6.07) is 5.84. The number of hydrogen-bond donors (Lipinski definition) is 1. The monoisotopic (exact) mass is 264 g/mol. The van der Waals surface area contributed by atoms with Crippen LogP contribution < -0.4 is 15.2 Å². The Morgan fingerprint density at radius 1 is 1.33 bits per heavy atom. The molecule has 0 spiro atoms. The molecule has 1 heterocycles. The zero-order chi connectivity index (χ0) is 12.8. The first-order chi connectivity index (χ1) is 8.85. The predicted octanol–water partition coefficient (Wildman–Crippen LogP) is 2.55. The molecule has 18 heavy (non-hydrogen) atoms. The van der Waals surface area contributed by atoms with Gasteiger partial charge in [-0.05, 0) is 31.2 Å². The summed E-state index contributed by atoms with van der Waals surface area (Å²) in [5, 5.41) is 2.93. The van der Waals surface area contributed by atoms with Crippen molar-refractivity contribution >= 4 is 11.3 Å². The van der Waals surface area contributed by atoms with Crippen LogP contribution in [-0.2, 0) is 0 Å². The molecule has 0 unspecified atom stereocenters. The maximum absolute atomic E-state index is 5.62. The molecule has 0 aliphatic rings. The highest BCUT2D eigenvalue weighted by Crippen LogP contribution is 2.33. The summed E-state index contributed by atoms with van der Waals surface area (Å²) in [5.41, 5.74) is 6.47. The molecule has 1 aromatic heterocycles. The summed E-state index contributed by atoms with van der Waals surface area (Å²) in [6.45, 7) is 1.23. The molecular formula is C13H16N2O2S. The largest absolute Gasteiger partial charge is 0.493 e. The Hall–Kier alpha value is -1.59. The maximum Gasteiger partial charge on any atom is 0.161 e. The second kappa shape index (κ2) is 6.37. The minimum Gasteiger partial charge on any atom is -0.493 e. The van der Waals surface area contributed by atoms with E-state index in [4.69, 9.17) is 15.2 Å². The van der Waals surface area contributed by atoms with Gasteiger partial charge in [0.15, 0.2) is 11.5 Å². The smallest absolute Gasteiger partial charge is 0.161 e. The zero-order valence-corrected chi connectivity index (χ0v) is 11.1. The average molecular weight is 264 g/mol. The lowest BCUT2D eigenvalue weighted by molar-refractivity contribution is 0.291. The van der Waals surface area contributed by atoms with Gasteiger partial charge in [-0.3, -0.25) is 0 Å². The lowest BCUT2D eigenvalue weighted by atomic mass is 10.2. The van der Waals surface area contributed by atoms with Gasteiger partial charge in [0.05, 0.1) is 13.7 Å². The van der Waals surface area contributed by atoms with Gasteiger partial charge >= 0.3 is 0 Å². The molecule has 0 aliphatic heterocycles. The van der Waals surface area contributed by atoms with Crippen molar-refractivity contribution < 1.29 is 9.47 Å². The molecule has 4 nitrogen and oxygen atoms in total. The Morgan fingerprint density at radius 2 is 2.22 bits per heavy atom. The number of benzene rings is 1. The van der Waals surface area contributed by atoms with Crippen LogP contribution in [0.25, 0.3) is 10.6 Å². The van der Waals surface area contributed by atoms with Gasteiger partial charge in [0.25, 0.3) is 0 Å². The van der Waals surface area contributed by atoms with E-state index >= 15 is 0 Å². The van der Waals surface area contributed by atoms with Crippen LogP contribution in [-0.4, -0.2) is 25.2 Å². The first kappa shape index (κ1) is 12.9. The van der Waals surface area contributed by atoms with Crippen molar-refractivity contribution in [3.05, 3.63) is 29.8 Å². The molecule has 2 aromatic rings. The van der Waals surface area contributed by atoms with Gasteiger partial charge in [0.1, 0.15) is 5.01 Å². The first-order valence-corrected chi connectivity index (χ1v) is 6.64. The van der Waals surface area contributed by atoms with Crippen molar-refractivity contribution in [2.24, 2.45) is 5.73 Å². The van der Waals surface area contributed by atoms with Crippen LogP contribution in [0.3, 0.4) is 0 Å². The third-order valence-electron chi connectivity index (χ3n) is 2.45. The molecule has 0 atom stereocenters. The van der Waals surface area contributed by atoms with Crippen molar-refractivity contribution in [3.8, 4) is 22.1 Å². The highest BCUT2D eigenvalue weighted by Gasteiger charge is 2.08. The molecule has 2 N–H and O–H groups in total. The van der Waals surface area contributed by atoms with Gasteiger partial charge in [0.2, 0.25) is 0 Å². The number of thiazole rings is 1. The minimum absolute atomic E-state index is 0.601. The second-order valence-corrected chi connectivity index (χ2v) is 4.59. The van der Waals surface area contributed by atoms with Crippen LogP contribution in [0.1, 0.15) is 6.42 Å². The summed E-state index contributed by atoms with van der Waals surface area (Å²) in [5.74, 6) is 1.46. The third-order valence-corrected chi connectivity index (χ3v) is 3.27. The van der Waals surface area contributed by atoms with Crippen molar-refractivity contribution in [3.63, 3.8) is 0 Å². The van der Waals surface area contributed by atoms with Crippen molar-refractivity contribution in [2.75, 3.05) is 20.3 Å². The number of rotatable bonds is 6. The van der Waals surface area contributed by atoms with Crippen LogP contribution in [0, 0.1) is 0 Å². The van der Waals surface area contributed by atoms with Gasteiger partial charge in [0, 0.05) is 17.1 Å². The predicted molar refractivity (Wildman–Crippen MR) is 73.3 cm³/mol. The lowest BCUT2D eigenvalue weighted by Gasteiger charge is -2.11. The van der Waals surface area contributed by atoms with E-state index in [-0.39, 0.29) is 0 Å². The number of nitrogens with two attached hydrogens (primary N) is 1. The quantitative estimate of drug-likeness (QED) is 0.815. The van der Waals surface area contributed by atoms with Crippen molar-refractivity contribution in [1.29, 1.82) is 0 Å². The summed E-state index contributed by atoms with van der Waals surface area (Å²) < 4.78 is 11.0. The van der Waals surface area contributed by atoms with E-state index in [1.807, 2.05) is 23.6 Å². The topological polar surface area (TPSA) is 57.4 Å². The third kappa shape index (κ3) is 3.00. The number of hydrogen-bond acceptors (Lipinski definition) is 5. The van der Waals surface area contributed by atoms with Gasteiger partial charge in [-0.25, -0.2) is 4.98 Å². The summed E-state index contributed by atoms with van der Waals surface area (Å²) in [6.07, 6.45) is 2.62. The first-order valence-electron chi connectivity index (χ1n) is 5.76. The fourth-order valence-electron chi connectivity index (χ4n) is 1.55. The van der Waals surface area contributed by atoms with E-state index in [9.17, 15) is 0 Å². The summed E-state index contributed by atoms with van der Waals surface area (Å²) in [4.78, 5) is 4.27. The average Bonchev–Trinajstić information content (AvgIpc) is 2.93. The van der Waals surface area contributed by atoms with Crippen molar-refractivity contribution in [1.82, 2.24) is 4.98 Å². The standard InChI is InChI=1S/C13H16N2O2S/c1-16-12-9-10(13-15-6-8-18-13)3-4-11(12)17-7-2-5-14/h3-4,6,8-9H,2,5,7,14H2,1H3. The Balaban J connectivity index is 2.18. The molecule has 0 aliphatic carbocycles. The van der Waals surface area contributed by atoms with E-state index < -0.39 is 0 Å². The van der Waals surface area contributed by atoms with Crippen LogP contribution in [0.15, 0.2) is 29.8 Å². The molecule has 0 bridgehead atoms. The molecular weight excluding hydrogens is 248 g/mol. The van der Waals surface area contributed by atoms with E-state index in [1.54, 1.807) is 24.6 Å². The summed E-state index contributed by atoms with van der Waals surface area (Å²) >= 11 is 1.60. The van der Waals surface area contributed by atoms with Gasteiger partial charge in [-0.2, -0.15) is 0 Å². The Labute approximate surface area is 110 Å². The minimum atomic E-state index is 0.601. The van der Waals surface area contributed by atoms with E-state index in [0.717, 1.165) is 28.5 Å². The maximum atomic E-state index is 5.62. The molecule has 0 saturated heterocycles. The van der Waals surface area contributed by atoms with E-state index in [2.05, 4.69) is 4.98 Å². The molecule has 2 rings (SSSR count). The van der Waals surface area contributed by atoms with E-state index in [0.29, 0.717) is 13.2 Å². The Morgan fingerprint density at radius 3 is 2.89 bits per heavy atom. The van der Waals surface area contributed by atoms with Crippen molar-refractivity contribution in [2.45, 2.75) is 6.42 Å². The number of ether oxygens (including phenoxy) is 2. The Kier molecular flexibility index (Phi) is 4.55. The molecule has 0 fully saturated rings. The fraction of sp³-hybridized carbons (Fsp3) is 0.308. The van der Waals surface area contributed by atoms with Crippen LogP contribution in [0.5, 0.6) is 11.5 Å². The lowest BCUT2D eigenvalue weighted by Crippen LogP contribution is -2.06. The van der Waals surface area contributed by atoms with Crippen LogP contribution in [0.4, 0.5) is 0 Å². The SMILES string of the molecule is COc1cc(-c2nccs2)ccc1OCCCN. The summed E-state index contributed by atoms with van der Waals surface area (Å²) in [7, 11) is 1.64. The van der Waals surface area contributed by atoms with Gasteiger partial charge in [-0.15, -0.1) is 11.3 Å².